The van der Waals surface area contributed by atoms with E-state index in [9.17, 15) is 18.3 Å². The Bertz CT molecular complexity index is 563. The second kappa shape index (κ2) is 7.50. The highest BCUT2D eigenvalue weighted by molar-refractivity contribution is 6.31. The Labute approximate surface area is 145 Å². The van der Waals surface area contributed by atoms with E-state index in [1.807, 2.05) is 13.0 Å². The summed E-state index contributed by atoms with van der Waals surface area (Å²) < 4.78 is 44.3. The molecular weight excluding hydrogens is 343 g/mol. The highest BCUT2D eigenvalue weighted by Gasteiger charge is 2.51. The second-order valence-electron chi connectivity index (χ2n) is 6.42. The van der Waals surface area contributed by atoms with Gasteiger partial charge in [-0.05, 0) is 62.8 Å². The number of benzene rings is 1. The lowest BCUT2D eigenvalue weighted by Crippen LogP contribution is -2.59. The minimum atomic E-state index is -4.72. The van der Waals surface area contributed by atoms with E-state index in [1.165, 1.54) is 0 Å². The average molecular weight is 366 g/mol. The van der Waals surface area contributed by atoms with E-state index < -0.39 is 17.9 Å². The number of halogens is 4. The summed E-state index contributed by atoms with van der Waals surface area (Å²) >= 11 is 6.08. The largest absolute Gasteiger partial charge is 0.490 e. The van der Waals surface area contributed by atoms with Gasteiger partial charge >= 0.3 is 6.18 Å². The van der Waals surface area contributed by atoms with Crippen molar-refractivity contribution in [2.45, 2.75) is 70.0 Å². The molecule has 1 aromatic carbocycles. The molecule has 0 spiro atoms. The summed E-state index contributed by atoms with van der Waals surface area (Å²) in [5.41, 5.74) is -1.92. The summed E-state index contributed by atoms with van der Waals surface area (Å²) in [6.07, 6.45) is -1.62. The third-order valence-electron chi connectivity index (χ3n) is 4.36. The quantitative estimate of drug-likeness (QED) is 0.757. The Morgan fingerprint density at radius 3 is 2.67 bits per heavy atom. The van der Waals surface area contributed by atoms with Gasteiger partial charge in [0.25, 0.3) is 0 Å². The first-order valence-corrected chi connectivity index (χ1v) is 8.52. The molecule has 24 heavy (non-hydrogen) atoms. The van der Waals surface area contributed by atoms with Crippen LogP contribution in [0.25, 0.3) is 0 Å². The Morgan fingerprint density at radius 2 is 2.04 bits per heavy atom. The van der Waals surface area contributed by atoms with E-state index >= 15 is 0 Å². The van der Waals surface area contributed by atoms with Crippen LogP contribution < -0.4 is 10.1 Å². The summed E-state index contributed by atoms with van der Waals surface area (Å²) in [6, 6.07) is 4.96. The fraction of sp³-hybridized carbons (Fsp3) is 0.647. The molecule has 2 N–H and O–H groups in total. The van der Waals surface area contributed by atoms with Crippen molar-refractivity contribution in [3.8, 4) is 5.75 Å². The van der Waals surface area contributed by atoms with Gasteiger partial charge in [-0.3, -0.25) is 5.32 Å². The number of ether oxygens (including phenoxy) is 1. The van der Waals surface area contributed by atoms with Crippen LogP contribution in [0.15, 0.2) is 18.2 Å². The first-order valence-electron chi connectivity index (χ1n) is 8.14. The molecule has 0 heterocycles. The molecule has 2 rings (SSSR count). The Balaban J connectivity index is 1.98. The molecule has 0 aliphatic heterocycles. The van der Waals surface area contributed by atoms with Gasteiger partial charge in [-0.2, -0.15) is 13.2 Å². The molecule has 0 radical (unpaired) electrons. The summed E-state index contributed by atoms with van der Waals surface area (Å²) in [5.74, 6) is 0.671. The SMILES string of the molecule is CCc1cc(OC2CCCC(NC(C)(O)C(F)(F)F)C2)ccc1Cl. The van der Waals surface area contributed by atoms with Crippen molar-refractivity contribution in [2.75, 3.05) is 0 Å². The van der Waals surface area contributed by atoms with E-state index in [2.05, 4.69) is 5.32 Å². The molecule has 136 valence electrons. The molecule has 0 bridgehead atoms. The smallest absolute Gasteiger partial charge is 0.430 e. The minimum absolute atomic E-state index is 0.189. The maximum atomic E-state index is 12.8. The average Bonchev–Trinajstić information content (AvgIpc) is 2.48. The molecule has 7 heteroatoms. The molecule has 1 saturated carbocycles. The van der Waals surface area contributed by atoms with E-state index in [-0.39, 0.29) is 6.10 Å². The van der Waals surface area contributed by atoms with Crippen LogP contribution >= 0.6 is 11.6 Å². The zero-order valence-corrected chi connectivity index (χ0v) is 14.5. The second-order valence-corrected chi connectivity index (χ2v) is 6.83. The van der Waals surface area contributed by atoms with Crippen molar-refractivity contribution < 1.29 is 23.0 Å². The predicted octanol–water partition coefficient (Wildman–Crippen LogP) is 4.45. The van der Waals surface area contributed by atoms with Crippen molar-refractivity contribution in [1.29, 1.82) is 0 Å². The summed E-state index contributed by atoms with van der Waals surface area (Å²) in [6.45, 7) is 2.73. The Kier molecular flexibility index (Phi) is 6.04. The van der Waals surface area contributed by atoms with E-state index in [0.29, 0.717) is 23.6 Å². The van der Waals surface area contributed by atoms with Crippen LogP contribution in [0, 0.1) is 0 Å². The van der Waals surface area contributed by atoms with Crippen molar-refractivity contribution in [1.82, 2.24) is 5.32 Å². The van der Waals surface area contributed by atoms with Crippen LogP contribution in [0.3, 0.4) is 0 Å². The molecule has 3 unspecified atom stereocenters. The minimum Gasteiger partial charge on any atom is -0.490 e. The predicted molar refractivity (Wildman–Crippen MR) is 87.3 cm³/mol. The lowest BCUT2D eigenvalue weighted by atomic mass is 9.92. The van der Waals surface area contributed by atoms with E-state index in [1.54, 1.807) is 12.1 Å². The van der Waals surface area contributed by atoms with Gasteiger partial charge in [0.05, 0.1) is 0 Å². The Morgan fingerprint density at radius 1 is 1.33 bits per heavy atom. The molecule has 3 atom stereocenters. The van der Waals surface area contributed by atoms with Crippen molar-refractivity contribution >= 4 is 11.6 Å². The summed E-state index contributed by atoms with van der Waals surface area (Å²) in [4.78, 5) is 0. The van der Waals surface area contributed by atoms with Crippen LogP contribution in [0.4, 0.5) is 13.2 Å². The van der Waals surface area contributed by atoms with Gasteiger partial charge in [-0.25, -0.2) is 0 Å². The third-order valence-corrected chi connectivity index (χ3v) is 4.73. The molecule has 1 fully saturated rings. The fourth-order valence-corrected chi connectivity index (χ4v) is 3.20. The van der Waals surface area contributed by atoms with E-state index in [4.69, 9.17) is 16.3 Å². The number of rotatable bonds is 5. The lowest BCUT2D eigenvalue weighted by Gasteiger charge is -2.36. The number of alkyl halides is 3. The number of nitrogens with one attached hydrogen (secondary N) is 1. The number of aryl methyl sites for hydroxylation is 1. The molecule has 1 aliphatic rings. The van der Waals surface area contributed by atoms with Gasteiger partial charge in [0.2, 0.25) is 5.72 Å². The van der Waals surface area contributed by atoms with Crippen LogP contribution in [0.5, 0.6) is 5.75 Å². The van der Waals surface area contributed by atoms with Crippen molar-refractivity contribution in [3.63, 3.8) is 0 Å². The normalized spacial score (nSPS) is 24.5. The standard InChI is InChI=1S/C17H23ClF3NO2/c1-3-11-9-14(7-8-15(11)18)24-13-6-4-5-12(10-13)22-16(2,23)17(19,20)21/h7-9,12-13,22-23H,3-6,10H2,1-2H3. The molecular formula is C17H23ClF3NO2. The van der Waals surface area contributed by atoms with Gasteiger partial charge in [-0.15, -0.1) is 0 Å². The molecule has 0 aromatic heterocycles. The van der Waals surface area contributed by atoms with Gasteiger partial charge in [0, 0.05) is 11.1 Å². The highest BCUT2D eigenvalue weighted by atomic mass is 35.5. The first kappa shape index (κ1) is 19.3. The number of aliphatic hydroxyl groups is 1. The molecule has 0 amide bonds. The molecule has 1 aromatic rings. The first-order chi connectivity index (χ1) is 11.1. The van der Waals surface area contributed by atoms with Crippen molar-refractivity contribution in [2.24, 2.45) is 0 Å². The highest BCUT2D eigenvalue weighted by Crippen LogP contribution is 2.32. The zero-order valence-electron chi connectivity index (χ0n) is 13.8. The van der Waals surface area contributed by atoms with Gasteiger partial charge in [0.1, 0.15) is 11.9 Å². The maximum Gasteiger partial charge on any atom is 0.430 e. The lowest BCUT2D eigenvalue weighted by molar-refractivity contribution is -0.268. The van der Waals surface area contributed by atoms with Crippen molar-refractivity contribution in [3.05, 3.63) is 28.8 Å². The zero-order chi connectivity index (χ0) is 18.0. The van der Waals surface area contributed by atoms with Crippen LogP contribution in [-0.4, -0.2) is 29.2 Å². The van der Waals surface area contributed by atoms with Gasteiger partial charge < -0.3 is 9.84 Å². The van der Waals surface area contributed by atoms with Crippen LogP contribution in [-0.2, 0) is 6.42 Å². The maximum absolute atomic E-state index is 12.8. The molecule has 0 saturated heterocycles. The summed E-state index contributed by atoms with van der Waals surface area (Å²) in [7, 11) is 0. The number of hydrogen-bond acceptors (Lipinski definition) is 3. The van der Waals surface area contributed by atoms with E-state index in [0.717, 1.165) is 31.7 Å². The topological polar surface area (TPSA) is 41.5 Å². The van der Waals surface area contributed by atoms with Crippen LogP contribution in [0.2, 0.25) is 5.02 Å². The van der Waals surface area contributed by atoms with Crippen LogP contribution in [0.1, 0.15) is 45.1 Å². The fourth-order valence-electron chi connectivity index (χ4n) is 2.95. The third kappa shape index (κ3) is 4.77. The monoisotopic (exact) mass is 365 g/mol. The number of hydrogen-bond donors (Lipinski definition) is 2. The molecule has 3 nitrogen and oxygen atoms in total. The Hall–Kier alpha value is -0.980. The van der Waals surface area contributed by atoms with Gasteiger partial charge in [-0.1, -0.05) is 18.5 Å². The van der Waals surface area contributed by atoms with Gasteiger partial charge in [0.15, 0.2) is 0 Å². The summed E-state index contributed by atoms with van der Waals surface area (Å²) in [5, 5.41) is 12.6. The molecule has 1 aliphatic carbocycles.